The topological polar surface area (TPSA) is 89.0 Å². The lowest BCUT2D eigenvalue weighted by molar-refractivity contribution is 0.0964. The van der Waals surface area contributed by atoms with Crippen LogP contribution in [0.2, 0.25) is 0 Å². The van der Waals surface area contributed by atoms with Gasteiger partial charge in [-0.2, -0.15) is 0 Å². The highest BCUT2D eigenvalue weighted by atomic mass is 16.5. The highest BCUT2D eigenvalue weighted by Crippen LogP contribution is 2.27. The highest BCUT2D eigenvalue weighted by Gasteiger charge is 2.16. The van der Waals surface area contributed by atoms with Crippen LogP contribution < -0.4 is 15.4 Å². The fraction of sp³-hybridized carbons (Fsp3) is 0.286. The number of carbonyl (C=O) groups excluding carboxylic acids is 1. The number of rotatable bonds is 7. The Morgan fingerprint density at radius 3 is 2.51 bits per heavy atom. The molecular weight excluding hydrogens is 438 g/mol. The fourth-order valence-corrected chi connectivity index (χ4v) is 3.96. The predicted molar refractivity (Wildman–Crippen MR) is 140 cm³/mol. The first-order valence-electron chi connectivity index (χ1n) is 11.7. The number of aromatic nitrogens is 3. The number of pyridine rings is 1. The molecule has 0 bridgehead atoms. The van der Waals surface area contributed by atoms with E-state index in [1.807, 2.05) is 63.2 Å². The number of benzene rings is 2. The third-order valence-corrected chi connectivity index (χ3v) is 5.64. The quantitative estimate of drug-likeness (QED) is 0.374. The first-order chi connectivity index (χ1) is 16.7. The van der Waals surface area contributed by atoms with E-state index in [1.165, 1.54) is 0 Å². The Morgan fingerprint density at radius 1 is 1.03 bits per heavy atom. The average molecular weight is 470 g/mol. The van der Waals surface area contributed by atoms with Gasteiger partial charge in [0.2, 0.25) is 0 Å². The maximum atomic E-state index is 12.3. The van der Waals surface area contributed by atoms with Crippen LogP contribution in [0.4, 0.5) is 5.82 Å². The van der Waals surface area contributed by atoms with Crippen molar-refractivity contribution in [2.75, 3.05) is 18.9 Å². The van der Waals surface area contributed by atoms with Gasteiger partial charge in [-0.25, -0.2) is 9.97 Å². The van der Waals surface area contributed by atoms with Crippen LogP contribution in [0, 0.1) is 0 Å². The molecule has 180 valence electrons. The van der Waals surface area contributed by atoms with Crippen molar-refractivity contribution in [3.63, 3.8) is 0 Å². The largest absolute Gasteiger partial charge is 0.488 e. The lowest BCUT2D eigenvalue weighted by Crippen LogP contribution is -2.22. The standard InChI is InChI=1S/C28H31N5O2/c1-18(21-7-6-8-22-23(27(34)29-5)13-14-30-26(21)22)16-31-25-15-24(32-17-33-25)19-9-11-20(12-10-19)35-28(2,3)4/h6-15,17-18H,16H2,1-5H3,(H,29,34)(H,31,32,33)/t18-/m1/s1. The summed E-state index contributed by atoms with van der Waals surface area (Å²) in [7, 11) is 1.63. The minimum Gasteiger partial charge on any atom is -0.488 e. The second-order valence-electron chi connectivity index (χ2n) is 9.49. The molecule has 0 aliphatic carbocycles. The van der Waals surface area contributed by atoms with Crippen LogP contribution in [0.15, 0.2) is 67.1 Å². The van der Waals surface area contributed by atoms with E-state index in [1.54, 1.807) is 25.6 Å². The number of nitrogens with zero attached hydrogens (tertiary/aromatic N) is 3. The molecule has 35 heavy (non-hydrogen) atoms. The van der Waals surface area contributed by atoms with Gasteiger partial charge in [0.15, 0.2) is 0 Å². The zero-order chi connectivity index (χ0) is 25.0. The minimum atomic E-state index is -0.242. The summed E-state index contributed by atoms with van der Waals surface area (Å²) < 4.78 is 5.91. The summed E-state index contributed by atoms with van der Waals surface area (Å²) in [6.45, 7) is 8.87. The molecule has 2 heterocycles. The third kappa shape index (κ3) is 5.74. The maximum absolute atomic E-state index is 12.3. The second-order valence-corrected chi connectivity index (χ2v) is 9.49. The number of amides is 1. The van der Waals surface area contributed by atoms with Crippen molar-refractivity contribution in [3.05, 3.63) is 78.2 Å². The van der Waals surface area contributed by atoms with E-state index in [-0.39, 0.29) is 17.4 Å². The Hall–Kier alpha value is -4.00. The molecule has 0 saturated heterocycles. The van der Waals surface area contributed by atoms with Crippen LogP contribution in [0.25, 0.3) is 22.2 Å². The lowest BCUT2D eigenvalue weighted by Gasteiger charge is -2.21. The molecule has 2 N–H and O–H groups in total. The van der Waals surface area contributed by atoms with Crippen molar-refractivity contribution >= 4 is 22.6 Å². The van der Waals surface area contributed by atoms with Crippen LogP contribution in [-0.2, 0) is 0 Å². The average Bonchev–Trinajstić information content (AvgIpc) is 2.85. The molecule has 0 fully saturated rings. The molecule has 2 aromatic heterocycles. The van der Waals surface area contributed by atoms with Gasteiger partial charge in [-0.05, 0) is 56.7 Å². The monoisotopic (exact) mass is 469 g/mol. The molecule has 0 aliphatic heterocycles. The zero-order valence-electron chi connectivity index (χ0n) is 20.8. The summed E-state index contributed by atoms with van der Waals surface area (Å²) in [4.78, 5) is 25.7. The fourth-order valence-electron chi connectivity index (χ4n) is 3.96. The van der Waals surface area contributed by atoms with E-state index in [4.69, 9.17) is 4.74 Å². The van der Waals surface area contributed by atoms with Gasteiger partial charge in [0.05, 0.1) is 16.8 Å². The molecule has 0 saturated carbocycles. The smallest absolute Gasteiger partial charge is 0.251 e. The molecule has 0 unspecified atom stereocenters. The number of ether oxygens (including phenoxy) is 1. The number of hydrogen-bond acceptors (Lipinski definition) is 6. The van der Waals surface area contributed by atoms with Crippen molar-refractivity contribution in [2.24, 2.45) is 0 Å². The van der Waals surface area contributed by atoms with Gasteiger partial charge >= 0.3 is 0 Å². The first-order valence-corrected chi connectivity index (χ1v) is 11.7. The number of hydrogen-bond donors (Lipinski definition) is 2. The number of carbonyl (C=O) groups is 1. The Labute approximate surface area is 206 Å². The summed E-state index contributed by atoms with van der Waals surface area (Å²) >= 11 is 0. The van der Waals surface area contributed by atoms with Crippen molar-refractivity contribution in [2.45, 2.75) is 39.2 Å². The van der Waals surface area contributed by atoms with Crippen molar-refractivity contribution in [1.29, 1.82) is 0 Å². The molecule has 2 aromatic carbocycles. The van der Waals surface area contributed by atoms with Gasteiger partial charge in [0.25, 0.3) is 5.91 Å². The molecular formula is C28H31N5O2. The van der Waals surface area contributed by atoms with Crippen molar-refractivity contribution in [3.8, 4) is 17.0 Å². The Morgan fingerprint density at radius 2 is 1.80 bits per heavy atom. The number of fused-ring (bicyclic) bond motifs is 1. The Balaban J connectivity index is 1.50. The summed E-state index contributed by atoms with van der Waals surface area (Å²) in [6.07, 6.45) is 3.25. The number of para-hydroxylation sites is 1. The SMILES string of the molecule is CNC(=O)c1ccnc2c([C@H](C)CNc3cc(-c4ccc(OC(C)(C)C)cc4)ncn3)cccc12. The summed E-state index contributed by atoms with van der Waals surface area (Å²) in [5.74, 6) is 1.59. The molecule has 4 aromatic rings. The first kappa shape index (κ1) is 24.1. The molecule has 4 rings (SSSR count). The highest BCUT2D eigenvalue weighted by molar-refractivity contribution is 6.06. The van der Waals surface area contributed by atoms with E-state index >= 15 is 0 Å². The van der Waals surface area contributed by atoms with Crippen LogP contribution in [0.3, 0.4) is 0 Å². The Kier molecular flexibility index (Phi) is 6.96. The van der Waals surface area contributed by atoms with Crippen LogP contribution in [-0.4, -0.2) is 40.1 Å². The molecule has 7 nitrogen and oxygen atoms in total. The van der Waals surface area contributed by atoms with E-state index in [2.05, 4.69) is 38.6 Å². The van der Waals surface area contributed by atoms with E-state index in [9.17, 15) is 4.79 Å². The molecule has 1 atom stereocenters. The summed E-state index contributed by atoms with van der Waals surface area (Å²) in [5.41, 5.74) is 4.12. The number of anilines is 1. The van der Waals surface area contributed by atoms with E-state index in [0.29, 0.717) is 12.1 Å². The summed E-state index contributed by atoms with van der Waals surface area (Å²) in [5, 5.41) is 6.97. The van der Waals surface area contributed by atoms with Crippen molar-refractivity contribution < 1.29 is 9.53 Å². The van der Waals surface area contributed by atoms with Gasteiger partial charge in [-0.15, -0.1) is 0 Å². The van der Waals surface area contributed by atoms with Crippen molar-refractivity contribution in [1.82, 2.24) is 20.3 Å². The normalized spacial score (nSPS) is 12.3. The van der Waals surface area contributed by atoms with Crippen LogP contribution in [0.5, 0.6) is 5.75 Å². The summed E-state index contributed by atoms with van der Waals surface area (Å²) in [6, 6.07) is 17.6. The molecule has 0 aliphatic rings. The number of nitrogens with one attached hydrogen (secondary N) is 2. The zero-order valence-corrected chi connectivity index (χ0v) is 20.8. The molecule has 0 spiro atoms. The Bertz CT molecular complexity index is 1330. The third-order valence-electron chi connectivity index (χ3n) is 5.64. The maximum Gasteiger partial charge on any atom is 0.251 e. The van der Waals surface area contributed by atoms with E-state index in [0.717, 1.165) is 39.3 Å². The van der Waals surface area contributed by atoms with Gasteiger partial charge in [0.1, 0.15) is 23.5 Å². The van der Waals surface area contributed by atoms with Gasteiger partial charge in [0, 0.05) is 42.7 Å². The minimum absolute atomic E-state index is 0.119. The molecule has 7 heteroatoms. The van der Waals surface area contributed by atoms with Gasteiger partial charge < -0.3 is 15.4 Å². The lowest BCUT2D eigenvalue weighted by atomic mass is 9.96. The second kappa shape index (κ2) is 10.1. The molecule has 0 radical (unpaired) electrons. The van der Waals surface area contributed by atoms with Crippen LogP contribution in [0.1, 0.15) is 49.5 Å². The van der Waals surface area contributed by atoms with Gasteiger partial charge in [-0.1, -0.05) is 25.1 Å². The molecule has 1 amide bonds. The van der Waals surface area contributed by atoms with Gasteiger partial charge in [-0.3, -0.25) is 9.78 Å². The predicted octanol–water partition coefficient (Wildman–Crippen LogP) is 5.44. The van der Waals surface area contributed by atoms with Crippen LogP contribution >= 0.6 is 0 Å². The van der Waals surface area contributed by atoms with E-state index < -0.39 is 0 Å².